The van der Waals surface area contributed by atoms with Crippen molar-refractivity contribution < 1.29 is 5.11 Å². The normalized spacial score (nSPS) is 12.5. The molecule has 21 heavy (non-hydrogen) atoms. The lowest BCUT2D eigenvalue weighted by Gasteiger charge is -2.08. The molecule has 106 valence electrons. The minimum atomic E-state index is -0.468. The molecular formula is C18H17NOS. The van der Waals surface area contributed by atoms with Gasteiger partial charge in [-0.3, -0.25) is 4.98 Å². The molecule has 3 heteroatoms. The predicted octanol–water partition coefficient (Wildman–Crippen LogP) is 4.83. The molecule has 0 spiro atoms. The second kappa shape index (κ2) is 6.29. The number of hydrogen-bond acceptors (Lipinski definition) is 3. The van der Waals surface area contributed by atoms with Crippen molar-refractivity contribution in [3.63, 3.8) is 0 Å². The highest BCUT2D eigenvalue weighted by Crippen LogP contribution is 2.30. The van der Waals surface area contributed by atoms with Crippen LogP contribution in [0.25, 0.3) is 10.8 Å². The van der Waals surface area contributed by atoms with Crippen molar-refractivity contribution in [2.75, 3.05) is 0 Å². The van der Waals surface area contributed by atoms with Crippen LogP contribution in [-0.2, 0) is 0 Å². The van der Waals surface area contributed by atoms with Crippen LogP contribution >= 0.6 is 11.8 Å². The maximum absolute atomic E-state index is 9.76. The summed E-state index contributed by atoms with van der Waals surface area (Å²) in [5.74, 6) is 0. The quantitative estimate of drug-likeness (QED) is 0.748. The second-order valence-electron chi connectivity index (χ2n) is 4.95. The molecule has 0 amide bonds. The third kappa shape index (κ3) is 3.26. The summed E-state index contributed by atoms with van der Waals surface area (Å²) in [4.78, 5) is 6.61. The molecular weight excluding hydrogens is 278 g/mol. The molecule has 0 bridgehead atoms. The van der Waals surface area contributed by atoms with Gasteiger partial charge in [0, 0.05) is 16.0 Å². The van der Waals surface area contributed by atoms with E-state index in [9.17, 15) is 5.11 Å². The van der Waals surface area contributed by atoms with Gasteiger partial charge in [-0.15, -0.1) is 0 Å². The van der Waals surface area contributed by atoms with Gasteiger partial charge in [0.25, 0.3) is 0 Å². The number of aliphatic hydroxyl groups is 1. The zero-order chi connectivity index (χ0) is 14.7. The van der Waals surface area contributed by atoms with E-state index < -0.39 is 6.10 Å². The first-order chi connectivity index (χ1) is 10.3. The fraction of sp³-hybridized carbons (Fsp3) is 0.167. The molecule has 1 aromatic heterocycles. The molecule has 0 aliphatic rings. The van der Waals surface area contributed by atoms with Crippen LogP contribution in [0.1, 0.15) is 25.1 Å². The Bertz CT molecular complexity index is 740. The maximum Gasteiger partial charge on any atom is 0.0957 e. The zero-order valence-electron chi connectivity index (χ0n) is 11.9. The number of fused-ring (bicyclic) bond motifs is 1. The molecule has 0 aliphatic heterocycles. The molecule has 1 atom stereocenters. The van der Waals surface area contributed by atoms with Gasteiger partial charge in [0.2, 0.25) is 0 Å². The summed E-state index contributed by atoms with van der Waals surface area (Å²) in [5, 5.41) is 12.3. The average molecular weight is 295 g/mol. The Kier molecular flexibility index (Phi) is 4.23. The molecule has 2 nitrogen and oxygen atoms in total. The lowest BCUT2D eigenvalue weighted by atomic mass is 10.1. The van der Waals surface area contributed by atoms with Gasteiger partial charge in [0.05, 0.1) is 11.8 Å². The number of pyridine rings is 1. The van der Waals surface area contributed by atoms with Crippen LogP contribution in [0.4, 0.5) is 0 Å². The Morgan fingerprint density at radius 1 is 1.00 bits per heavy atom. The third-order valence-electron chi connectivity index (χ3n) is 3.44. The molecule has 1 N–H and O–H groups in total. The van der Waals surface area contributed by atoms with Crippen LogP contribution in [0, 0.1) is 0 Å². The number of aromatic nitrogens is 1. The van der Waals surface area contributed by atoms with Gasteiger partial charge in [-0.2, -0.15) is 0 Å². The standard InChI is InChI=1S/C18H17NOS/c1-2-18(20)17-10-9-16(12-19-17)21-15-8-7-13-5-3-4-6-14(13)11-15/h3-12,18,20H,2H2,1H3/t18-/m1/s1. The van der Waals surface area contributed by atoms with E-state index in [0.717, 1.165) is 10.6 Å². The molecule has 0 radical (unpaired) electrons. The monoisotopic (exact) mass is 295 g/mol. The van der Waals surface area contributed by atoms with Crippen molar-refractivity contribution in [1.82, 2.24) is 4.98 Å². The molecule has 3 aromatic rings. The third-order valence-corrected chi connectivity index (χ3v) is 4.41. The summed E-state index contributed by atoms with van der Waals surface area (Å²) in [6.45, 7) is 1.95. The van der Waals surface area contributed by atoms with Crippen LogP contribution in [0.3, 0.4) is 0 Å². The largest absolute Gasteiger partial charge is 0.387 e. The number of hydrogen-bond donors (Lipinski definition) is 1. The number of rotatable bonds is 4. The molecule has 1 heterocycles. The number of benzene rings is 2. The highest BCUT2D eigenvalue weighted by molar-refractivity contribution is 7.99. The Balaban J connectivity index is 1.81. The maximum atomic E-state index is 9.76. The first-order valence-corrected chi connectivity index (χ1v) is 7.88. The van der Waals surface area contributed by atoms with E-state index >= 15 is 0 Å². The predicted molar refractivity (Wildman–Crippen MR) is 87.6 cm³/mol. The Hall–Kier alpha value is -1.84. The van der Waals surface area contributed by atoms with E-state index in [0.29, 0.717) is 6.42 Å². The fourth-order valence-electron chi connectivity index (χ4n) is 2.23. The van der Waals surface area contributed by atoms with Gasteiger partial charge >= 0.3 is 0 Å². The molecule has 0 aliphatic carbocycles. The van der Waals surface area contributed by atoms with Gasteiger partial charge in [-0.25, -0.2) is 0 Å². The van der Waals surface area contributed by atoms with Crippen LogP contribution in [0.5, 0.6) is 0 Å². The molecule has 2 aromatic carbocycles. The van der Waals surface area contributed by atoms with Crippen molar-refractivity contribution >= 4 is 22.5 Å². The first-order valence-electron chi connectivity index (χ1n) is 7.07. The Morgan fingerprint density at radius 2 is 1.76 bits per heavy atom. The highest BCUT2D eigenvalue weighted by Gasteiger charge is 2.06. The van der Waals surface area contributed by atoms with Crippen LogP contribution in [0.2, 0.25) is 0 Å². The van der Waals surface area contributed by atoms with Crippen molar-refractivity contribution in [3.05, 3.63) is 66.5 Å². The molecule has 3 rings (SSSR count). The summed E-state index contributed by atoms with van der Waals surface area (Å²) < 4.78 is 0. The van der Waals surface area contributed by atoms with Crippen LogP contribution in [0.15, 0.2) is 70.6 Å². The summed E-state index contributed by atoms with van der Waals surface area (Å²) in [6, 6.07) is 18.7. The second-order valence-corrected chi connectivity index (χ2v) is 6.10. The van der Waals surface area contributed by atoms with Crippen LogP contribution < -0.4 is 0 Å². The summed E-state index contributed by atoms with van der Waals surface area (Å²) in [5.41, 5.74) is 0.736. The lowest BCUT2D eigenvalue weighted by molar-refractivity contribution is 0.169. The van der Waals surface area contributed by atoms with Gasteiger partial charge < -0.3 is 5.11 Å². The van der Waals surface area contributed by atoms with Gasteiger partial charge in [-0.05, 0) is 41.5 Å². The van der Waals surface area contributed by atoms with E-state index in [4.69, 9.17) is 0 Å². The summed E-state index contributed by atoms with van der Waals surface area (Å²) >= 11 is 1.69. The fourth-order valence-corrected chi connectivity index (χ4v) is 3.06. The van der Waals surface area contributed by atoms with E-state index in [1.54, 1.807) is 11.8 Å². The van der Waals surface area contributed by atoms with Gasteiger partial charge in [-0.1, -0.05) is 49.0 Å². The zero-order valence-corrected chi connectivity index (χ0v) is 12.7. The van der Waals surface area contributed by atoms with Crippen molar-refractivity contribution in [2.24, 2.45) is 0 Å². The summed E-state index contributed by atoms with van der Waals surface area (Å²) in [6.07, 6.45) is 2.04. The highest BCUT2D eigenvalue weighted by atomic mass is 32.2. The molecule has 0 saturated heterocycles. The minimum absolute atomic E-state index is 0.468. The van der Waals surface area contributed by atoms with Crippen molar-refractivity contribution in [3.8, 4) is 0 Å². The van der Waals surface area contributed by atoms with E-state index in [1.165, 1.54) is 15.7 Å². The van der Waals surface area contributed by atoms with Gasteiger partial charge in [0.15, 0.2) is 0 Å². The number of nitrogens with zero attached hydrogens (tertiary/aromatic N) is 1. The topological polar surface area (TPSA) is 33.1 Å². The minimum Gasteiger partial charge on any atom is -0.387 e. The van der Waals surface area contributed by atoms with Gasteiger partial charge in [0.1, 0.15) is 0 Å². The van der Waals surface area contributed by atoms with Crippen molar-refractivity contribution in [2.45, 2.75) is 29.2 Å². The lowest BCUT2D eigenvalue weighted by Crippen LogP contribution is -1.97. The number of aliphatic hydroxyl groups excluding tert-OH is 1. The van der Waals surface area contributed by atoms with Crippen LogP contribution in [-0.4, -0.2) is 10.1 Å². The molecule has 0 unspecified atom stereocenters. The first kappa shape index (κ1) is 14.1. The Labute approximate surface area is 128 Å². The van der Waals surface area contributed by atoms with E-state index in [1.807, 2.05) is 25.3 Å². The molecule has 0 saturated carbocycles. The smallest absolute Gasteiger partial charge is 0.0957 e. The van der Waals surface area contributed by atoms with E-state index in [2.05, 4.69) is 47.4 Å². The SMILES string of the molecule is CC[C@@H](O)c1ccc(Sc2ccc3ccccc3c2)cn1. The van der Waals surface area contributed by atoms with Crippen molar-refractivity contribution in [1.29, 1.82) is 0 Å². The Morgan fingerprint density at radius 3 is 2.48 bits per heavy atom. The van der Waals surface area contributed by atoms with E-state index in [-0.39, 0.29) is 0 Å². The summed E-state index contributed by atoms with van der Waals surface area (Å²) in [7, 11) is 0. The average Bonchev–Trinajstić information content (AvgIpc) is 2.55. The molecule has 0 fully saturated rings.